The van der Waals surface area contributed by atoms with E-state index in [-0.39, 0.29) is 0 Å². The Morgan fingerprint density at radius 3 is 2.48 bits per heavy atom. The molecule has 0 atom stereocenters. The lowest BCUT2D eigenvalue weighted by Crippen LogP contribution is -2.09. The van der Waals surface area contributed by atoms with Gasteiger partial charge in [0.05, 0.1) is 23.0 Å². The van der Waals surface area contributed by atoms with E-state index in [0.717, 1.165) is 28.7 Å². The van der Waals surface area contributed by atoms with E-state index in [9.17, 15) is 8.42 Å². The second kappa shape index (κ2) is 4.89. The number of anilines is 1. The maximum Gasteiger partial charge on any atom is 0.229 e. The summed E-state index contributed by atoms with van der Waals surface area (Å²) < 4.78 is 27.0. The van der Waals surface area contributed by atoms with Crippen molar-refractivity contribution < 1.29 is 8.42 Å². The van der Waals surface area contributed by atoms with Gasteiger partial charge >= 0.3 is 0 Å². The SMILES string of the molecule is Cn1c(-c2ccccc2)nc2cc(NS(C)(=O)=O)ccc21. The Balaban J connectivity index is 2.12. The van der Waals surface area contributed by atoms with E-state index in [1.54, 1.807) is 12.1 Å². The number of imidazole rings is 1. The number of benzene rings is 2. The summed E-state index contributed by atoms with van der Waals surface area (Å²) in [6.45, 7) is 0. The van der Waals surface area contributed by atoms with E-state index in [4.69, 9.17) is 0 Å². The third kappa shape index (κ3) is 2.75. The van der Waals surface area contributed by atoms with Gasteiger partial charge in [0.25, 0.3) is 0 Å². The van der Waals surface area contributed by atoms with Crippen LogP contribution in [0.25, 0.3) is 22.4 Å². The van der Waals surface area contributed by atoms with Crippen LogP contribution in [0.15, 0.2) is 48.5 Å². The number of nitrogens with one attached hydrogen (secondary N) is 1. The Kier molecular flexibility index (Phi) is 3.17. The van der Waals surface area contributed by atoms with Crippen LogP contribution in [0.3, 0.4) is 0 Å². The van der Waals surface area contributed by atoms with Gasteiger partial charge in [-0.2, -0.15) is 0 Å². The van der Waals surface area contributed by atoms with Crippen molar-refractivity contribution in [2.75, 3.05) is 11.0 Å². The molecule has 0 fully saturated rings. The van der Waals surface area contributed by atoms with E-state index in [0.29, 0.717) is 5.69 Å². The molecule has 3 rings (SSSR count). The predicted octanol–water partition coefficient (Wildman–Crippen LogP) is 2.61. The first-order valence-corrected chi connectivity index (χ1v) is 8.33. The summed E-state index contributed by atoms with van der Waals surface area (Å²) in [6.07, 6.45) is 1.13. The number of hydrogen-bond acceptors (Lipinski definition) is 3. The molecule has 0 radical (unpaired) electrons. The largest absolute Gasteiger partial charge is 0.327 e. The van der Waals surface area contributed by atoms with Gasteiger partial charge in [0.2, 0.25) is 10.0 Å². The maximum atomic E-state index is 11.3. The van der Waals surface area contributed by atoms with E-state index in [1.807, 2.05) is 48.0 Å². The van der Waals surface area contributed by atoms with Crippen LogP contribution in [0.1, 0.15) is 0 Å². The highest BCUT2D eigenvalue weighted by molar-refractivity contribution is 7.92. The standard InChI is InChI=1S/C15H15N3O2S/c1-18-14-9-8-12(17-21(2,19)20)10-13(14)16-15(18)11-6-4-3-5-7-11/h3-10,17H,1-2H3. The Hall–Kier alpha value is -2.34. The molecular formula is C15H15N3O2S. The van der Waals surface area contributed by atoms with Gasteiger partial charge in [-0.05, 0) is 18.2 Å². The average Bonchev–Trinajstić information content (AvgIpc) is 2.75. The minimum atomic E-state index is -3.29. The van der Waals surface area contributed by atoms with E-state index < -0.39 is 10.0 Å². The molecule has 0 aliphatic carbocycles. The van der Waals surface area contributed by atoms with Gasteiger partial charge in [0, 0.05) is 12.6 Å². The fourth-order valence-corrected chi connectivity index (χ4v) is 2.88. The molecule has 0 unspecified atom stereocenters. The molecule has 0 amide bonds. The van der Waals surface area contributed by atoms with Gasteiger partial charge < -0.3 is 4.57 Å². The van der Waals surface area contributed by atoms with Crippen molar-refractivity contribution in [3.8, 4) is 11.4 Å². The number of sulfonamides is 1. The molecule has 108 valence electrons. The zero-order valence-electron chi connectivity index (χ0n) is 11.7. The quantitative estimate of drug-likeness (QED) is 0.809. The van der Waals surface area contributed by atoms with Gasteiger partial charge in [-0.3, -0.25) is 4.72 Å². The van der Waals surface area contributed by atoms with E-state index >= 15 is 0 Å². The zero-order chi connectivity index (χ0) is 15.0. The summed E-state index contributed by atoms with van der Waals surface area (Å²) in [5.74, 6) is 0.849. The summed E-state index contributed by atoms with van der Waals surface area (Å²) in [5.41, 5.74) is 3.24. The molecule has 0 saturated heterocycles. The molecule has 0 spiro atoms. The van der Waals surface area contributed by atoms with Crippen LogP contribution < -0.4 is 4.72 Å². The monoisotopic (exact) mass is 301 g/mol. The Bertz CT molecular complexity index is 899. The molecule has 1 N–H and O–H groups in total. The van der Waals surface area contributed by atoms with Gasteiger partial charge in [0.1, 0.15) is 5.82 Å². The summed E-state index contributed by atoms with van der Waals surface area (Å²) in [4.78, 5) is 4.60. The highest BCUT2D eigenvalue weighted by Gasteiger charge is 2.11. The molecule has 0 aliphatic heterocycles. The second-order valence-electron chi connectivity index (χ2n) is 4.94. The maximum absolute atomic E-state index is 11.3. The van der Waals surface area contributed by atoms with Crippen LogP contribution >= 0.6 is 0 Å². The summed E-state index contributed by atoms with van der Waals surface area (Å²) in [7, 11) is -1.34. The Morgan fingerprint density at radius 2 is 1.81 bits per heavy atom. The lowest BCUT2D eigenvalue weighted by molar-refractivity contribution is 0.607. The van der Waals surface area contributed by atoms with E-state index in [1.165, 1.54) is 0 Å². The number of aromatic nitrogens is 2. The van der Waals surface area contributed by atoms with E-state index in [2.05, 4.69) is 9.71 Å². The molecule has 5 nitrogen and oxygen atoms in total. The summed E-state index contributed by atoms with van der Waals surface area (Å²) in [5, 5.41) is 0. The highest BCUT2D eigenvalue weighted by Crippen LogP contribution is 2.25. The third-order valence-corrected chi connectivity index (χ3v) is 3.82. The van der Waals surface area contributed by atoms with Crippen LogP contribution in [0.2, 0.25) is 0 Å². The van der Waals surface area contributed by atoms with Crippen molar-refractivity contribution in [2.24, 2.45) is 7.05 Å². The fraction of sp³-hybridized carbons (Fsp3) is 0.133. The lowest BCUT2D eigenvalue weighted by atomic mass is 10.2. The Labute approximate surface area is 123 Å². The van der Waals surface area contributed by atoms with Gasteiger partial charge in [-0.15, -0.1) is 0 Å². The molecular weight excluding hydrogens is 286 g/mol. The van der Waals surface area contributed by atoms with Crippen molar-refractivity contribution in [3.05, 3.63) is 48.5 Å². The first-order valence-electron chi connectivity index (χ1n) is 6.44. The average molecular weight is 301 g/mol. The van der Waals surface area contributed by atoms with Crippen LogP contribution in [0, 0.1) is 0 Å². The highest BCUT2D eigenvalue weighted by atomic mass is 32.2. The lowest BCUT2D eigenvalue weighted by Gasteiger charge is -2.04. The number of rotatable bonds is 3. The van der Waals surface area contributed by atoms with Crippen molar-refractivity contribution >= 4 is 26.7 Å². The van der Waals surface area contributed by atoms with Gasteiger partial charge in [-0.25, -0.2) is 13.4 Å². The molecule has 0 bridgehead atoms. The smallest absolute Gasteiger partial charge is 0.229 e. The minimum absolute atomic E-state index is 0.516. The van der Waals surface area contributed by atoms with Crippen molar-refractivity contribution in [1.82, 2.24) is 9.55 Å². The van der Waals surface area contributed by atoms with Crippen LogP contribution in [-0.4, -0.2) is 24.2 Å². The molecule has 1 heterocycles. The fourth-order valence-electron chi connectivity index (χ4n) is 2.32. The third-order valence-electron chi connectivity index (χ3n) is 3.22. The van der Waals surface area contributed by atoms with Gasteiger partial charge in [0.15, 0.2) is 0 Å². The van der Waals surface area contributed by atoms with Crippen LogP contribution in [-0.2, 0) is 17.1 Å². The first-order chi connectivity index (χ1) is 9.94. The van der Waals surface area contributed by atoms with Gasteiger partial charge in [-0.1, -0.05) is 30.3 Å². The molecule has 0 aliphatic rings. The second-order valence-corrected chi connectivity index (χ2v) is 6.69. The van der Waals surface area contributed by atoms with Crippen LogP contribution in [0.4, 0.5) is 5.69 Å². The summed E-state index contributed by atoms with van der Waals surface area (Å²) in [6, 6.07) is 15.2. The topological polar surface area (TPSA) is 64.0 Å². The molecule has 21 heavy (non-hydrogen) atoms. The molecule has 1 aromatic heterocycles. The normalized spacial score (nSPS) is 11.7. The first kappa shape index (κ1) is 13.6. The molecule has 6 heteroatoms. The number of fused-ring (bicyclic) bond motifs is 1. The molecule has 3 aromatic rings. The number of nitrogens with zero attached hydrogens (tertiary/aromatic N) is 2. The Morgan fingerprint density at radius 1 is 1.10 bits per heavy atom. The molecule has 0 saturated carbocycles. The van der Waals surface area contributed by atoms with Crippen LogP contribution in [0.5, 0.6) is 0 Å². The minimum Gasteiger partial charge on any atom is -0.327 e. The zero-order valence-corrected chi connectivity index (χ0v) is 12.6. The van der Waals surface area contributed by atoms with Crippen molar-refractivity contribution in [1.29, 1.82) is 0 Å². The number of aryl methyl sites for hydroxylation is 1. The number of hydrogen-bond donors (Lipinski definition) is 1. The summed E-state index contributed by atoms with van der Waals surface area (Å²) >= 11 is 0. The van der Waals surface area contributed by atoms with Crippen molar-refractivity contribution in [2.45, 2.75) is 0 Å². The van der Waals surface area contributed by atoms with Crippen molar-refractivity contribution in [3.63, 3.8) is 0 Å². The predicted molar refractivity (Wildman–Crippen MR) is 84.6 cm³/mol. The molecule has 2 aromatic carbocycles.